The van der Waals surface area contributed by atoms with E-state index in [4.69, 9.17) is 0 Å². The van der Waals surface area contributed by atoms with E-state index in [0.717, 1.165) is 16.7 Å². The highest BCUT2D eigenvalue weighted by Gasteiger charge is 2.01. The molecule has 0 atom stereocenters. The Morgan fingerprint density at radius 2 is 1.46 bits per heavy atom. The molecule has 0 N–H and O–H groups in total. The van der Waals surface area contributed by atoms with Gasteiger partial charge in [0, 0.05) is 0 Å². The third kappa shape index (κ3) is 3.88. The molecule has 1 heteroatoms. The molecular formula is C12H17F. The van der Waals surface area contributed by atoms with Crippen LogP contribution in [0.15, 0.2) is 47.4 Å². The van der Waals surface area contributed by atoms with E-state index in [1.807, 2.05) is 20.8 Å². The Morgan fingerprint density at radius 3 is 1.69 bits per heavy atom. The highest BCUT2D eigenvalue weighted by atomic mass is 19.1. The Morgan fingerprint density at radius 1 is 1.00 bits per heavy atom. The Balaban J connectivity index is 5.06. The van der Waals surface area contributed by atoms with Crippen LogP contribution in [0.3, 0.4) is 0 Å². The van der Waals surface area contributed by atoms with Gasteiger partial charge in [0.05, 0.1) is 0 Å². The van der Waals surface area contributed by atoms with Gasteiger partial charge in [-0.2, -0.15) is 0 Å². The summed E-state index contributed by atoms with van der Waals surface area (Å²) in [5, 5.41) is 0. The summed E-state index contributed by atoms with van der Waals surface area (Å²) in [7, 11) is 0. The van der Waals surface area contributed by atoms with Crippen molar-refractivity contribution in [2.45, 2.75) is 27.7 Å². The number of allylic oxidation sites excluding steroid dienone is 6. The van der Waals surface area contributed by atoms with Crippen LogP contribution in [-0.2, 0) is 0 Å². The molecule has 0 aromatic carbocycles. The molecule has 0 amide bonds. The zero-order chi connectivity index (χ0) is 10.6. The van der Waals surface area contributed by atoms with Crippen LogP contribution < -0.4 is 0 Å². The van der Waals surface area contributed by atoms with Gasteiger partial charge < -0.3 is 0 Å². The fourth-order valence-electron chi connectivity index (χ4n) is 0.944. The molecule has 0 radical (unpaired) electrons. The maximum absolute atomic E-state index is 13.2. The van der Waals surface area contributed by atoms with Gasteiger partial charge in [-0.3, -0.25) is 0 Å². The average molecular weight is 180 g/mol. The van der Waals surface area contributed by atoms with E-state index in [-0.39, 0.29) is 5.83 Å². The monoisotopic (exact) mass is 180 g/mol. The van der Waals surface area contributed by atoms with Gasteiger partial charge in [0.15, 0.2) is 0 Å². The maximum Gasteiger partial charge on any atom is 0.126 e. The molecule has 0 aromatic rings. The fraction of sp³-hybridized carbons (Fsp3) is 0.333. The molecule has 0 unspecified atom stereocenters. The summed E-state index contributed by atoms with van der Waals surface area (Å²) in [4.78, 5) is 0. The van der Waals surface area contributed by atoms with E-state index < -0.39 is 0 Å². The highest BCUT2D eigenvalue weighted by molar-refractivity contribution is 5.43. The minimum absolute atomic E-state index is 0.279. The number of rotatable bonds is 3. The van der Waals surface area contributed by atoms with E-state index in [2.05, 4.69) is 13.2 Å². The van der Waals surface area contributed by atoms with Crippen LogP contribution >= 0.6 is 0 Å². The Labute approximate surface area is 80.2 Å². The topological polar surface area (TPSA) is 0 Å². The van der Waals surface area contributed by atoms with Crippen LogP contribution in [0.2, 0.25) is 0 Å². The van der Waals surface area contributed by atoms with Gasteiger partial charge in [-0.25, -0.2) is 4.39 Å². The molecule has 0 rings (SSSR count). The Bertz CT molecular complexity index is 286. The van der Waals surface area contributed by atoms with Gasteiger partial charge in [-0.05, 0) is 44.9 Å². The third-order valence-electron chi connectivity index (χ3n) is 1.68. The van der Waals surface area contributed by atoms with Crippen molar-refractivity contribution in [3.8, 4) is 0 Å². The van der Waals surface area contributed by atoms with Crippen LogP contribution in [-0.4, -0.2) is 0 Å². The molecule has 13 heavy (non-hydrogen) atoms. The molecule has 0 fully saturated rings. The molecule has 0 bridgehead atoms. The second-order valence-corrected chi connectivity index (χ2v) is 3.47. The predicted molar refractivity (Wildman–Crippen MR) is 57.2 cm³/mol. The second kappa shape index (κ2) is 4.80. The molecule has 0 heterocycles. The van der Waals surface area contributed by atoms with Crippen molar-refractivity contribution in [3.05, 3.63) is 47.4 Å². The molecule has 0 spiro atoms. The standard InChI is InChI=1S/C12H17F/c1-8(2)11(9(3)4)7-12(13)10(5)6/h7H,1,5H2,2-4,6H3/b12-7+. The van der Waals surface area contributed by atoms with Gasteiger partial charge >= 0.3 is 0 Å². The van der Waals surface area contributed by atoms with E-state index >= 15 is 0 Å². The number of halogens is 1. The third-order valence-corrected chi connectivity index (χ3v) is 1.68. The molecule has 0 aliphatic carbocycles. The van der Waals surface area contributed by atoms with Gasteiger partial charge in [0.2, 0.25) is 0 Å². The fourth-order valence-corrected chi connectivity index (χ4v) is 0.944. The second-order valence-electron chi connectivity index (χ2n) is 3.47. The molecular weight excluding hydrogens is 163 g/mol. The number of hydrogen-bond acceptors (Lipinski definition) is 0. The normalized spacial score (nSPS) is 11.0. The first-order chi connectivity index (χ1) is 5.86. The predicted octanol–water partition coefficient (Wildman–Crippen LogP) is 4.33. The molecule has 0 saturated heterocycles. The van der Waals surface area contributed by atoms with E-state index in [9.17, 15) is 4.39 Å². The summed E-state index contributed by atoms with van der Waals surface area (Å²) >= 11 is 0. The molecule has 0 aliphatic heterocycles. The summed E-state index contributed by atoms with van der Waals surface area (Å²) in [6.45, 7) is 14.7. The summed E-state index contributed by atoms with van der Waals surface area (Å²) < 4.78 is 13.2. The van der Waals surface area contributed by atoms with Crippen molar-refractivity contribution >= 4 is 0 Å². The van der Waals surface area contributed by atoms with E-state index in [0.29, 0.717) is 5.57 Å². The molecule has 72 valence electrons. The maximum atomic E-state index is 13.2. The Hall–Kier alpha value is -1.11. The minimum atomic E-state index is -0.279. The SMILES string of the molecule is C=C(C)C(/C=C(/F)C(=C)C)=C(C)C. The first kappa shape index (κ1) is 11.9. The van der Waals surface area contributed by atoms with Gasteiger partial charge in [-0.1, -0.05) is 24.3 Å². The van der Waals surface area contributed by atoms with Crippen LogP contribution in [0.25, 0.3) is 0 Å². The minimum Gasteiger partial charge on any atom is -0.207 e. The van der Waals surface area contributed by atoms with Crippen molar-refractivity contribution in [3.63, 3.8) is 0 Å². The zero-order valence-electron chi connectivity index (χ0n) is 8.87. The van der Waals surface area contributed by atoms with Crippen LogP contribution in [0.1, 0.15) is 27.7 Å². The molecule has 0 nitrogen and oxygen atoms in total. The van der Waals surface area contributed by atoms with Gasteiger partial charge in [0.1, 0.15) is 5.83 Å². The van der Waals surface area contributed by atoms with Crippen LogP contribution in [0.4, 0.5) is 4.39 Å². The lowest BCUT2D eigenvalue weighted by molar-refractivity contribution is 0.651. The quantitative estimate of drug-likeness (QED) is 0.567. The first-order valence-electron chi connectivity index (χ1n) is 4.22. The van der Waals surface area contributed by atoms with Crippen molar-refractivity contribution in [1.82, 2.24) is 0 Å². The lowest BCUT2D eigenvalue weighted by atomic mass is 10.0. The molecule has 0 saturated carbocycles. The first-order valence-corrected chi connectivity index (χ1v) is 4.22. The van der Waals surface area contributed by atoms with Gasteiger partial charge in [0.25, 0.3) is 0 Å². The summed E-state index contributed by atoms with van der Waals surface area (Å²) in [5.41, 5.74) is 3.24. The van der Waals surface area contributed by atoms with E-state index in [1.165, 1.54) is 6.08 Å². The van der Waals surface area contributed by atoms with Crippen LogP contribution in [0, 0.1) is 0 Å². The summed E-state index contributed by atoms with van der Waals surface area (Å²) in [6, 6.07) is 0. The highest BCUT2D eigenvalue weighted by Crippen LogP contribution is 2.19. The number of hydrogen-bond donors (Lipinski definition) is 0. The lowest BCUT2D eigenvalue weighted by Gasteiger charge is -2.04. The average Bonchev–Trinajstić information content (AvgIpc) is 1.97. The van der Waals surface area contributed by atoms with Crippen molar-refractivity contribution in [1.29, 1.82) is 0 Å². The van der Waals surface area contributed by atoms with Gasteiger partial charge in [-0.15, -0.1) is 0 Å². The smallest absolute Gasteiger partial charge is 0.126 e. The molecule has 0 aromatic heterocycles. The van der Waals surface area contributed by atoms with Crippen LogP contribution in [0.5, 0.6) is 0 Å². The Kier molecular flexibility index (Phi) is 4.39. The lowest BCUT2D eigenvalue weighted by Crippen LogP contribution is -1.86. The summed E-state index contributed by atoms with van der Waals surface area (Å²) in [5.74, 6) is -0.279. The zero-order valence-corrected chi connectivity index (χ0v) is 8.87. The summed E-state index contributed by atoms with van der Waals surface area (Å²) in [6.07, 6.45) is 1.49. The largest absolute Gasteiger partial charge is 0.207 e. The van der Waals surface area contributed by atoms with E-state index in [1.54, 1.807) is 6.92 Å². The van der Waals surface area contributed by atoms with Crippen molar-refractivity contribution in [2.24, 2.45) is 0 Å². The van der Waals surface area contributed by atoms with Crippen molar-refractivity contribution < 1.29 is 4.39 Å². The molecule has 0 aliphatic rings. The van der Waals surface area contributed by atoms with Crippen molar-refractivity contribution in [2.75, 3.05) is 0 Å².